The van der Waals surface area contributed by atoms with Gasteiger partial charge in [0.1, 0.15) is 18.4 Å². The SMILES string of the molecule is CCNC(=O)C(Cc1ccccc1)N(Cc1cccc(Cl)c1)C(=O)CN(c1ccccc1F)S(C)(=O)=O. The van der Waals surface area contributed by atoms with Crippen molar-refractivity contribution in [3.63, 3.8) is 0 Å². The van der Waals surface area contributed by atoms with E-state index in [1.807, 2.05) is 30.3 Å². The van der Waals surface area contributed by atoms with Crippen LogP contribution in [0.2, 0.25) is 5.02 Å². The molecule has 10 heteroatoms. The Kier molecular flexibility index (Phi) is 9.66. The van der Waals surface area contributed by atoms with E-state index in [4.69, 9.17) is 11.6 Å². The summed E-state index contributed by atoms with van der Waals surface area (Å²) in [7, 11) is -4.04. The van der Waals surface area contributed by atoms with Crippen LogP contribution in [0.3, 0.4) is 0 Å². The molecule has 2 amide bonds. The van der Waals surface area contributed by atoms with Gasteiger partial charge in [-0.1, -0.05) is 66.2 Å². The zero-order chi connectivity index (χ0) is 27.0. The van der Waals surface area contributed by atoms with Crippen LogP contribution in [-0.2, 0) is 32.6 Å². The topological polar surface area (TPSA) is 86.8 Å². The summed E-state index contributed by atoms with van der Waals surface area (Å²) in [5.74, 6) is -1.84. The number of sulfonamides is 1. The molecule has 0 aromatic heterocycles. The molecule has 0 heterocycles. The number of anilines is 1. The van der Waals surface area contributed by atoms with Gasteiger partial charge >= 0.3 is 0 Å². The van der Waals surface area contributed by atoms with Gasteiger partial charge in [-0.2, -0.15) is 0 Å². The Bertz CT molecular complexity index is 1340. The third-order valence-electron chi connectivity index (χ3n) is 5.66. The van der Waals surface area contributed by atoms with Crippen molar-refractivity contribution in [1.82, 2.24) is 10.2 Å². The summed E-state index contributed by atoms with van der Waals surface area (Å²) in [4.78, 5) is 28.4. The van der Waals surface area contributed by atoms with Crippen LogP contribution in [0.25, 0.3) is 0 Å². The van der Waals surface area contributed by atoms with Crippen LogP contribution in [0.5, 0.6) is 0 Å². The fourth-order valence-electron chi connectivity index (χ4n) is 3.93. The lowest BCUT2D eigenvalue weighted by atomic mass is 10.0. The van der Waals surface area contributed by atoms with Crippen LogP contribution >= 0.6 is 11.6 Å². The molecule has 0 aliphatic rings. The van der Waals surface area contributed by atoms with Crippen molar-refractivity contribution in [1.29, 1.82) is 0 Å². The molecule has 0 saturated carbocycles. The predicted octanol–water partition coefficient (Wildman–Crippen LogP) is 4.02. The molecule has 37 heavy (non-hydrogen) atoms. The highest BCUT2D eigenvalue weighted by Crippen LogP contribution is 2.23. The highest BCUT2D eigenvalue weighted by atomic mass is 35.5. The van der Waals surface area contributed by atoms with Crippen LogP contribution in [0.1, 0.15) is 18.1 Å². The molecule has 3 aromatic carbocycles. The molecule has 0 fully saturated rings. The molecule has 3 rings (SSSR count). The zero-order valence-electron chi connectivity index (χ0n) is 20.6. The molecule has 3 aromatic rings. The number of carbonyl (C=O) groups is 2. The van der Waals surface area contributed by atoms with Crippen LogP contribution in [0, 0.1) is 5.82 Å². The van der Waals surface area contributed by atoms with Crippen LogP contribution in [-0.4, -0.2) is 50.5 Å². The Hall–Kier alpha value is -3.43. The maximum absolute atomic E-state index is 14.6. The van der Waals surface area contributed by atoms with E-state index < -0.39 is 40.2 Å². The van der Waals surface area contributed by atoms with Gasteiger partial charge in [0.05, 0.1) is 11.9 Å². The Labute approximate surface area is 221 Å². The van der Waals surface area contributed by atoms with Gasteiger partial charge in [0.25, 0.3) is 0 Å². The average Bonchev–Trinajstić information content (AvgIpc) is 2.85. The Balaban J connectivity index is 2.05. The zero-order valence-corrected chi connectivity index (χ0v) is 22.2. The lowest BCUT2D eigenvalue weighted by molar-refractivity contribution is -0.140. The van der Waals surface area contributed by atoms with Gasteiger partial charge in [-0.15, -0.1) is 0 Å². The maximum atomic E-state index is 14.6. The van der Waals surface area contributed by atoms with Crippen LogP contribution in [0.15, 0.2) is 78.9 Å². The summed E-state index contributed by atoms with van der Waals surface area (Å²) in [6.07, 6.45) is 1.09. The molecule has 1 atom stereocenters. The average molecular weight is 546 g/mol. The molecule has 0 spiro atoms. The number of hydrogen-bond acceptors (Lipinski definition) is 4. The van der Waals surface area contributed by atoms with Gasteiger partial charge in [0.15, 0.2) is 0 Å². The van der Waals surface area contributed by atoms with E-state index in [-0.39, 0.29) is 18.7 Å². The molecule has 0 radical (unpaired) electrons. The minimum Gasteiger partial charge on any atom is -0.355 e. The minimum absolute atomic E-state index is 0.0110. The van der Waals surface area contributed by atoms with Gasteiger partial charge in [-0.05, 0) is 42.3 Å². The summed E-state index contributed by atoms with van der Waals surface area (Å²) in [5.41, 5.74) is 1.22. The van der Waals surface area contributed by atoms with E-state index in [0.717, 1.165) is 17.9 Å². The first-order chi connectivity index (χ1) is 17.6. The molecule has 7 nitrogen and oxygen atoms in total. The largest absolute Gasteiger partial charge is 0.355 e. The normalized spacial score (nSPS) is 12.0. The van der Waals surface area contributed by atoms with E-state index in [0.29, 0.717) is 21.4 Å². The molecule has 0 aliphatic carbocycles. The number of carbonyl (C=O) groups excluding carboxylic acids is 2. The summed E-state index contributed by atoms with van der Waals surface area (Å²) in [6, 6.07) is 20.4. The molecule has 196 valence electrons. The first-order valence-corrected chi connectivity index (χ1v) is 13.9. The van der Waals surface area contributed by atoms with Gasteiger partial charge in [0.2, 0.25) is 21.8 Å². The first-order valence-electron chi connectivity index (χ1n) is 11.7. The number of halogens is 2. The first kappa shape index (κ1) is 28.1. The van der Waals surface area contributed by atoms with E-state index in [1.165, 1.54) is 23.1 Å². The Morgan fingerprint density at radius 2 is 1.62 bits per heavy atom. The Morgan fingerprint density at radius 3 is 2.24 bits per heavy atom. The molecule has 1 unspecified atom stereocenters. The Morgan fingerprint density at radius 1 is 0.973 bits per heavy atom. The van der Waals surface area contributed by atoms with Crippen molar-refractivity contribution in [3.8, 4) is 0 Å². The monoisotopic (exact) mass is 545 g/mol. The smallest absolute Gasteiger partial charge is 0.244 e. The van der Waals surface area contributed by atoms with E-state index >= 15 is 0 Å². The van der Waals surface area contributed by atoms with Crippen LogP contribution < -0.4 is 9.62 Å². The van der Waals surface area contributed by atoms with Crippen LogP contribution in [0.4, 0.5) is 10.1 Å². The second-order valence-electron chi connectivity index (χ2n) is 8.47. The molecule has 0 bridgehead atoms. The molecular formula is C27H29ClFN3O4S. The quantitative estimate of drug-likeness (QED) is 0.394. The second kappa shape index (κ2) is 12.7. The van der Waals surface area contributed by atoms with E-state index in [2.05, 4.69) is 5.32 Å². The van der Waals surface area contributed by atoms with Crippen molar-refractivity contribution < 1.29 is 22.4 Å². The highest BCUT2D eigenvalue weighted by Gasteiger charge is 2.33. The van der Waals surface area contributed by atoms with Gasteiger partial charge < -0.3 is 10.2 Å². The fourth-order valence-corrected chi connectivity index (χ4v) is 4.99. The lowest BCUT2D eigenvalue weighted by Crippen LogP contribution is -2.53. The number of amides is 2. The maximum Gasteiger partial charge on any atom is 0.244 e. The van der Waals surface area contributed by atoms with Crippen molar-refractivity contribution in [3.05, 3.63) is 101 Å². The molecule has 1 N–H and O–H groups in total. The van der Waals surface area contributed by atoms with Crippen molar-refractivity contribution >= 4 is 39.1 Å². The van der Waals surface area contributed by atoms with E-state index in [9.17, 15) is 22.4 Å². The molecule has 0 aliphatic heterocycles. The predicted molar refractivity (Wildman–Crippen MR) is 143 cm³/mol. The summed E-state index contributed by atoms with van der Waals surface area (Å²) in [5, 5.41) is 3.22. The highest BCUT2D eigenvalue weighted by molar-refractivity contribution is 7.92. The molecule has 0 saturated heterocycles. The number of nitrogens with one attached hydrogen (secondary N) is 1. The van der Waals surface area contributed by atoms with Gasteiger partial charge in [0, 0.05) is 24.5 Å². The van der Waals surface area contributed by atoms with Gasteiger partial charge in [-0.25, -0.2) is 12.8 Å². The van der Waals surface area contributed by atoms with Crippen molar-refractivity contribution in [2.24, 2.45) is 0 Å². The third kappa shape index (κ3) is 7.77. The number of likely N-dealkylation sites (N-methyl/N-ethyl adjacent to an activating group) is 1. The lowest BCUT2D eigenvalue weighted by Gasteiger charge is -2.33. The second-order valence-corrected chi connectivity index (χ2v) is 10.8. The van der Waals surface area contributed by atoms with E-state index in [1.54, 1.807) is 31.2 Å². The number of nitrogens with zero attached hydrogens (tertiary/aromatic N) is 2. The number of para-hydroxylation sites is 1. The standard InChI is InChI=1S/C27H29ClFN3O4S/c1-3-30-27(34)25(17-20-10-5-4-6-11-20)31(18-21-12-9-13-22(28)16-21)26(33)19-32(37(2,35)36)24-15-8-7-14-23(24)29/h4-16,25H,3,17-19H2,1-2H3,(H,30,34). The van der Waals surface area contributed by atoms with Crippen molar-refractivity contribution in [2.75, 3.05) is 23.7 Å². The summed E-state index contributed by atoms with van der Waals surface area (Å²) < 4.78 is 40.6. The third-order valence-corrected chi connectivity index (χ3v) is 7.03. The number of rotatable bonds is 11. The summed E-state index contributed by atoms with van der Waals surface area (Å²) >= 11 is 6.16. The summed E-state index contributed by atoms with van der Waals surface area (Å²) in [6.45, 7) is 1.41. The van der Waals surface area contributed by atoms with Crippen molar-refractivity contribution in [2.45, 2.75) is 25.9 Å². The van der Waals surface area contributed by atoms with Gasteiger partial charge in [-0.3, -0.25) is 13.9 Å². The number of hydrogen-bond donors (Lipinski definition) is 1. The minimum atomic E-state index is -4.04. The fraction of sp³-hybridized carbons (Fsp3) is 0.259. The molecular weight excluding hydrogens is 517 g/mol. The number of benzene rings is 3.